The lowest BCUT2D eigenvalue weighted by Crippen LogP contribution is -2.43. The number of nitrogens with zero attached hydrogens (tertiary/aromatic N) is 6. The Labute approximate surface area is 212 Å². The summed E-state index contributed by atoms with van der Waals surface area (Å²) in [6, 6.07) is 8.06. The summed E-state index contributed by atoms with van der Waals surface area (Å²) in [6.07, 6.45) is 11.8. The number of aromatic amines is 1. The van der Waals surface area contributed by atoms with Crippen molar-refractivity contribution in [1.82, 2.24) is 25.1 Å². The molecule has 2 aromatic heterocycles. The number of morpholine rings is 1. The van der Waals surface area contributed by atoms with Crippen molar-refractivity contribution in [3.63, 3.8) is 0 Å². The number of aromatic nitrogens is 4. The van der Waals surface area contributed by atoms with Gasteiger partial charge in [0.1, 0.15) is 0 Å². The van der Waals surface area contributed by atoms with E-state index in [4.69, 9.17) is 9.72 Å². The molecular weight excluding hydrogens is 478 g/mol. The summed E-state index contributed by atoms with van der Waals surface area (Å²) in [5.41, 5.74) is 2.34. The van der Waals surface area contributed by atoms with Crippen LogP contribution in [0.3, 0.4) is 0 Å². The third-order valence-corrected chi connectivity index (χ3v) is 8.32. The van der Waals surface area contributed by atoms with Crippen molar-refractivity contribution in [2.75, 3.05) is 54.9 Å². The molecule has 194 valence electrons. The summed E-state index contributed by atoms with van der Waals surface area (Å²) in [5.74, 6) is 0.638. The smallest absolute Gasteiger partial charge is 0.232 e. The van der Waals surface area contributed by atoms with Crippen LogP contribution in [0.4, 0.5) is 17.3 Å². The number of rotatable bonds is 8. The molecule has 3 heterocycles. The summed E-state index contributed by atoms with van der Waals surface area (Å²) >= 11 is 0. The highest BCUT2D eigenvalue weighted by molar-refractivity contribution is 7.92. The maximum atomic E-state index is 12.7. The standard InChI is InChI=1S/C25H35N7O3S/c1-36(33,34)31(13-12-30-14-16-35-17-15-30)21-8-10-23(11-9-21)32(22-6-4-2-3-5-7-22)25-26-18-20-19-27-29-24(20)28-25/h8-11,18-19,22H,2-7,12-17H2,1H3,(H,26,27,28,29). The third kappa shape index (κ3) is 5.79. The van der Waals surface area contributed by atoms with E-state index in [1.54, 1.807) is 12.4 Å². The van der Waals surface area contributed by atoms with E-state index < -0.39 is 10.0 Å². The highest BCUT2D eigenvalue weighted by Crippen LogP contribution is 2.33. The summed E-state index contributed by atoms with van der Waals surface area (Å²) in [6.45, 7) is 4.11. The molecule has 0 amide bonds. The van der Waals surface area contributed by atoms with E-state index in [0.29, 0.717) is 43.6 Å². The molecule has 1 saturated carbocycles. The Hall–Kier alpha value is -2.76. The number of benzene rings is 1. The van der Waals surface area contributed by atoms with Gasteiger partial charge >= 0.3 is 0 Å². The Bertz CT molecular complexity index is 1230. The molecule has 1 aliphatic carbocycles. The highest BCUT2D eigenvalue weighted by Gasteiger charge is 2.26. The largest absolute Gasteiger partial charge is 0.379 e. The second-order valence-electron chi connectivity index (χ2n) is 9.66. The molecule has 1 saturated heterocycles. The number of ether oxygens (including phenoxy) is 1. The van der Waals surface area contributed by atoms with Gasteiger partial charge in [0.2, 0.25) is 16.0 Å². The summed E-state index contributed by atoms with van der Waals surface area (Å²) in [4.78, 5) is 13.9. The van der Waals surface area contributed by atoms with Crippen LogP contribution in [0.15, 0.2) is 36.7 Å². The SMILES string of the molecule is CS(=O)(=O)N(CCN1CCOCC1)c1ccc(N(c2ncc3cn[nH]c3n2)C2CCCCCC2)cc1. The Morgan fingerprint density at radius 3 is 2.42 bits per heavy atom. The topological polar surface area (TPSA) is 108 Å². The first kappa shape index (κ1) is 24.9. The molecule has 3 aromatic rings. The lowest BCUT2D eigenvalue weighted by atomic mass is 10.1. The minimum Gasteiger partial charge on any atom is -0.379 e. The van der Waals surface area contributed by atoms with Crippen molar-refractivity contribution in [2.24, 2.45) is 0 Å². The van der Waals surface area contributed by atoms with Crippen LogP contribution in [0.1, 0.15) is 38.5 Å². The molecule has 11 heteroatoms. The molecule has 0 spiro atoms. The number of nitrogens with one attached hydrogen (secondary N) is 1. The maximum Gasteiger partial charge on any atom is 0.232 e. The van der Waals surface area contributed by atoms with Gasteiger partial charge in [0, 0.05) is 44.1 Å². The van der Waals surface area contributed by atoms with Gasteiger partial charge in [-0.25, -0.2) is 13.4 Å². The molecule has 0 atom stereocenters. The van der Waals surface area contributed by atoms with Crippen LogP contribution >= 0.6 is 0 Å². The number of fused-ring (bicyclic) bond motifs is 1. The van der Waals surface area contributed by atoms with E-state index in [-0.39, 0.29) is 6.04 Å². The summed E-state index contributed by atoms with van der Waals surface area (Å²) < 4.78 is 32.3. The summed E-state index contributed by atoms with van der Waals surface area (Å²) in [7, 11) is -3.42. The Balaban J connectivity index is 1.42. The van der Waals surface area contributed by atoms with Gasteiger partial charge < -0.3 is 9.64 Å². The molecule has 0 unspecified atom stereocenters. The number of sulfonamides is 1. The fraction of sp³-hybridized carbons (Fsp3) is 0.560. The molecule has 5 rings (SSSR count). The zero-order chi connectivity index (χ0) is 25.0. The van der Waals surface area contributed by atoms with Crippen molar-refractivity contribution in [2.45, 2.75) is 44.6 Å². The molecular formula is C25H35N7O3S. The van der Waals surface area contributed by atoms with Crippen LogP contribution in [-0.4, -0.2) is 85.2 Å². The normalized spacial score (nSPS) is 18.2. The van der Waals surface area contributed by atoms with Crippen molar-refractivity contribution >= 4 is 38.4 Å². The second kappa shape index (κ2) is 11.1. The first-order chi connectivity index (χ1) is 17.5. The quantitative estimate of drug-likeness (QED) is 0.457. The molecule has 2 fully saturated rings. The van der Waals surface area contributed by atoms with Crippen molar-refractivity contribution in [3.05, 3.63) is 36.7 Å². The Morgan fingerprint density at radius 2 is 1.72 bits per heavy atom. The lowest BCUT2D eigenvalue weighted by Gasteiger charge is -2.32. The zero-order valence-electron chi connectivity index (χ0n) is 20.8. The minimum atomic E-state index is -3.42. The predicted octanol–water partition coefficient (Wildman–Crippen LogP) is 3.31. The van der Waals surface area contributed by atoms with Gasteiger partial charge in [0.25, 0.3) is 0 Å². The predicted molar refractivity (Wildman–Crippen MR) is 141 cm³/mol. The molecule has 10 nitrogen and oxygen atoms in total. The lowest BCUT2D eigenvalue weighted by molar-refractivity contribution is 0.0395. The Morgan fingerprint density at radius 1 is 1.03 bits per heavy atom. The molecule has 1 aromatic carbocycles. The van der Waals surface area contributed by atoms with Crippen LogP contribution in [0.5, 0.6) is 0 Å². The number of anilines is 3. The van der Waals surface area contributed by atoms with E-state index in [0.717, 1.165) is 37.0 Å². The highest BCUT2D eigenvalue weighted by atomic mass is 32.2. The molecule has 0 bridgehead atoms. The molecule has 1 N–H and O–H groups in total. The van der Waals surface area contributed by atoms with E-state index in [2.05, 4.69) is 25.0 Å². The third-order valence-electron chi connectivity index (χ3n) is 7.12. The van der Waals surface area contributed by atoms with Gasteiger partial charge in [-0.05, 0) is 37.1 Å². The molecule has 1 aliphatic heterocycles. The van der Waals surface area contributed by atoms with Crippen LogP contribution < -0.4 is 9.21 Å². The number of hydrogen-bond donors (Lipinski definition) is 1. The van der Waals surface area contributed by atoms with Gasteiger partial charge in [-0.3, -0.25) is 14.3 Å². The fourth-order valence-electron chi connectivity index (χ4n) is 5.17. The number of H-pyrrole nitrogens is 1. The average molecular weight is 514 g/mol. The summed E-state index contributed by atoms with van der Waals surface area (Å²) in [5, 5.41) is 7.91. The van der Waals surface area contributed by atoms with E-state index in [1.807, 2.05) is 24.3 Å². The van der Waals surface area contributed by atoms with Crippen LogP contribution in [0, 0.1) is 0 Å². The first-order valence-corrected chi connectivity index (χ1v) is 14.7. The molecule has 0 radical (unpaired) electrons. The second-order valence-corrected chi connectivity index (χ2v) is 11.6. The van der Waals surface area contributed by atoms with E-state index >= 15 is 0 Å². The van der Waals surface area contributed by atoms with Crippen LogP contribution in [-0.2, 0) is 14.8 Å². The Kier molecular flexibility index (Phi) is 7.68. The van der Waals surface area contributed by atoms with Crippen molar-refractivity contribution in [1.29, 1.82) is 0 Å². The average Bonchev–Trinajstić information content (AvgIpc) is 3.19. The van der Waals surface area contributed by atoms with E-state index in [1.165, 1.54) is 36.2 Å². The van der Waals surface area contributed by atoms with Gasteiger partial charge in [-0.2, -0.15) is 10.1 Å². The van der Waals surface area contributed by atoms with E-state index in [9.17, 15) is 8.42 Å². The molecule has 36 heavy (non-hydrogen) atoms. The minimum absolute atomic E-state index is 0.283. The number of hydrogen-bond acceptors (Lipinski definition) is 8. The van der Waals surface area contributed by atoms with Crippen LogP contribution in [0.2, 0.25) is 0 Å². The van der Waals surface area contributed by atoms with Crippen molar-refractivity contribution < 1.29 is 13.2 Å². The first-order valence-electron chi connectivity index (χ1n) is 12.8. The van der Waals surface area contributed by atoms with Gasteiger partial charge in [0.15, 0.2) is 5.65 Å². The molecule has 2 aliphatic rings. The zero-order valence-corrected chi connectivity index (χ0v) is 21.7. The van der Waals surface area contributed by atoms with Gasteiger partial charge in [-0.15, -0.1) is 0 Å². The van der Waals surface area contributed by atoms with Crippen molar-refractivity contribution in [3.8, 4) is 0 Å². The fourth-order valence-corrected chi connectivity index (χ4v) is 6.09. The van der Waals surface area contributed by atoms with Crippen LogP contribution in [0.25, 0.3) is 11.0 Å². The van der Waals surface area contributed by atoms with Gasteiger partial charge in [0.05, 0.1) is 36.7 Å². The van der Waals surface area contributed by atoms with Gasteiger partial charge in [-0.1, -0.05) is 25.7 Å². The maximum absolute atomic E-state index is 12.7. The monoisotopic (exact) mass is 513 g/mol.